The van der Waals surface area contributed by atoms with E-state index in [2.05, 4.69) is 10.3 Å². The van der Waals surface area contributed by atoms with Gasteiger partial charge in [0.1, 0.15) is 11.6 Å². The highest BCUT2D eigenvalue weighted by molar-refractivity contribution is 7.92. The predicted octanol–water partition coefficient (Wildman–Crippen LogP) is 2.41. The molecule has 31 heavy (non-hydrogen) atoms. The van der Waals surface area contributed by atoms with Crippen LogP contribution in [0.25, 0.3) is 5.69 Å². The third-order valence-electron chi connectivity index (χ3n) is 5.26. The first-order valence-corrected chi connectivity index (χ1v) is 11.6. The fraction of sp³-hybridized carbons (Fsp3) is 0.273. The number of sulfonamides is 1. The molecule has 9 heteroatoms. The predicted molar refractivity (Wildman–Crippen MR) is 118 cm³/mol. The van der Waals surface area contributed by atoms with E-state index >= 15 is 0 Å². The molecule has 0 saturated carbocycles. The number of hydrogen-bond donors (Lipinski definition) is 1. The van der Waals surface area contributed by atoms with Gasteiger partial charge in [0.25, 0.3) is 5.91 Å². The third kappa shape index (κ3) is 4.13. The van der Waals surface area contributed by atoms with Crippen LogP contribution in [-0.2, 0) is 21.4 Å². The summed E-state index contributed by atoms with van der Waals surface area (Å²) in [6.07, 6.45) is 2.64. The Morgan fingerprint density at radius 3 is 2.58 bits per heavy atom. The minimum atomic E-state index is -3.55. The van der Waals surface area contributed by atoms with Crippen molar-refractivity contribution in [3.05, 3.63) is 72.3 Å². The van der Waals surface area contributed by atoms with Gasteiger partial charge < -0.3 is 14.6 Å². The molecule has 0 unspecified atom stereocenters. The first kappa shape index (κ1) is 20.9. The Morgan fingerprint density at radius 2 is 1.87 bits per heavy atom. The molecule has 1 aliphatic heterocycles. The number of imidazole rings is 1. The van der Waals surface area contributed by atoms with Crippen LogP contribution in [0.15, 0.2) is 60.9 Å². The maximum atomic E-state index is 12.9. The molecule has 1 atom stereocenters. The maximum absolute atomic E-state index is 12.9. The fourth-order valence-electron chi connectivity index (χ4n) is 3.58. The number of hydrogen-bond acceptors (Lipinski definition) is 5. The van der Waals surface area contributed by atoms with Crippen LogP contribution in [-0.4, -0.2) is 42.3 Å². The Balaban J connectivity index is 1.54. The highest BCUT2D eigenvalue weighted by Crippen LogP contribution is 2.35. The maximum Gasteiger partial charge on any atom is 0.263 e. The molecule has 2 heterocycles. The Labute approximate surface area is 181 Å². The van der Waals surface area contributed by atoms with Crippen LogP contribution in [0.5, 0.6) is 5.75 Å². The molecule has 0 aliphatic carbocycles. The summed E-state index contributed by atoms with van der Waals surface area (Å²) in [5.41, 5.74) is 2.28. The average molecular weight is 441 g/mol. The van der Waals surface area contributed by atoms with Gasteiger partial charge in [-0.05, 0) is 37.6 Å². The van der Waals surface area contributed by atoms with Crippen molar-refractivity contribution in [1.29, 1.82) is 0 Å². The molecule has 0 fully saturated rings. The number of nitrogens with one attached hydrogen (secondary N) is 1. The summed E-state index contributed by atoms with van der Waals surface area (Å²) in [7, 11) is -3.55. The van der Waals surface area contributed by atoms with Gasteiger partial charge in [-0.1, -0.05) is 30.3 Å². The van der Waals surface area contributed by atoms with E-state index in [-0.39, 0.29) is 24.7 Å². The van der Waals surface area contributed by atoms with E-state index in [1.54, 1.807) is 37.4 Å². The molecule has 1 N–H and O–H groups in total. The molecule has 1 amide bonds. The molecule has 0 spiro atoms. The van der Waals surface area contributed by atoms with Crippen molar-refractivity contribution in [2.24, 2.45) is 0 Å². The van der Waals surface area contributed by atoms with Crippen LogP contribution in [0, 0.1) is 6.92 Å². The second-order valence-electron chi connectivity index (χ2n) is 7.20. The lowest BCUT2D eigenvalue weighted by Crippen LogP contribution is -2.50. The van der Waals surface area contributed by atoms with Gasteiger partial charge in [-0.3, -0.25) is 9.10 Å². The number of carbonyl (C=O) groups is 1. The Bertz CT molecular complexity index is 1210. The van der Waals surface area contributed by atoms with E-state index in [1.165, 1.54) is 4.31 Å². The fourth-order valence-corrected chi connectivity index (χ4v) is 4.71. The van der Waals surface area contributed by atoms with Gasteiger partial charge in [0.15, 0.2) is 6.10 Å². The van der Waals surface area contributed by atoms with Crippen molar-refractivity contribution in [2.75, 3.05) is 16.6 Å². The van der Waals surface area contributed by atoms with Gasteiger partial charge in [0.2, 0.25) is 10.0 Å². The number of anilines is 1. The SMILES string of the molecule is CCS(=O)(=O)N1C[C@H](C(=O)NCc2ccccc2-n2ccnc2C)Oc2ccccc21. The lowest BCUT2D eigenvalue weighted by Gasteiger charge is -2.34. The summed E-state index contributed by atoms with van der Waals surface area (Å²) in [6, 6.07) is 14.6. The highest BCUT2D eigenvalue weighted by Gasteiger charge is 2.35. The Kier molecular flexibility index (Phi) is 5.69. The summed E-state index contributed by atoms with van der Waals surface area (Å²) >= 11 is 0. The number of aryl methyl sites for hydroxylation is 1. The van der Waals surface area contributed by atoms with Gasteiger partial charge in [-0.15, -0.1) is 0 Å². The number of rotatable bonds is 6. The quantitative estimate of drug-likeness (QED) is 0.635. The van der Waals surface area contributed by atoms with E-state index in [1.807, 2.05) is 42.0 Å². The van der Waals surface area contributed by atoms with Gasteiger partial charge in [0, 0.05) is 18.9 Å². The molecule has 8 nitrogen and oxygen atoms in total. The largest absolute Gasteiger partial charge is 0.476 e. The molecule has 4 rings (SSSR count). The lowest BCUT2D eigenvalue weighted by molar-refractivity contribution is -0.127. The van der Waals surface area contributed by atoms with Crippen molar-refractivity contribution in [3.8, 4) is 11.4 Å². The van der Waals surface area contributed by atoms with E-state index < -0.39 is 16.1 Å². The standard InChI is InChI=1S/C22H24N4O4S/c1-3-31(28,29)26-15-21(30-20-11-7-6-10-19(20)26)22(27)24-14-17-8-4-5-9-18(17)25-13-12-23-16(25)2/h4-13,21H,3,14-15H2,1-2H3,(H,24,27)/t21-/m1/s1. The number of para-hydroxylation sites is 3. The minimum absolute atomic E-state index is 0.0622. The average Bonchev–Trinajstić information content (AvgIpc) is 3.22. The second kappa shape index (κ2) is 8.43. The zero-order valence-corrected chi connectivity index (χ0v) is 18.2. The number of ether oxygens (including phenoxy) is 1. The first-order chi connectivity index (χ1) is 14.9. The number of nitrogens with zero attached hydrogens (tertiary/aromatic N) is 3. The van der Waals surface area contributed by atoms with Crippen LogP contribution in [0.2, 0.25) is 0 Å². The second-order valence-corrected chi connectivity index (χ2v) is 9.38. The smallest absolute Gasteiger partial charge is 0.263 e. The molecule has 162 valence electrons. The van der Waals surface area contributed by atoms with E-state index in [0.717, 1.165) is 17.1 Å². The monoisotopic (exact) mass is 440 g/mol. The van der Waals surface area contributed by atoms with Crippen LogP contribution >= 0.6 is 0 Å². The molecule has 1 aliphatic rings. The molecule has 0 bridgehead atoms. The first-order valence-electron chi connectivity index (χ1n) is 10.0. The molecular weight excluding hydrogens is 416 g/mol. The van der Waals surface area contributed by atoms with Crippen molar-refractivity contribution >= 4 is 21.6 Å². The number of aromatic nitrogens is 2. The molecule has 1 aromatic heterocycles. The summed E-state index contributed by atoms with van der Waals surface area (Å²) in [5.74, 6) is 0.780. The zero-order chi connectivity index (χ0) is 22.0. The van der Waals surface area contributed by atoms with Crippen molar-refractivity contribution in [1.82, 2.24) is 14.9 Å². The van der Waals surface area contributed by atoms with Gasteiger partial charge in [-0.25, -0.2) is 13.4 Å². The van der Waals surface area contributed by atoms with E-state index in [4.69, 9.17) is 4.74 Å². The van der Waals surface area contributed by atoms with E-state index in [9.17, 15) is 13.2 Å². The van der Waals surface area contributed by atoms with E-state index in [0.29, 0.717) is 11.4 Å². The lowest BCUT2D eigenvalue weighted by atomic mass is 10.1. The molecular formula is C22H24N4O4S. The Morgan fingerprint density at radius 1 is 1.16 bits per heavy atom. The molecule has 0 saturated heterocycles. The summed E-state index contributed by atoms with van der Waals surface area (Å²) in [5, 5.41) is 2.89. The molecule has 2 aromatic carbocycles. The zero-order valence-electron chi connectivity index (χ0n) is 17.4. The van der Waals surface area contributed by atoms with Crippen molar-refractivity contribution < 1.29 is 17.9 Å². The van der Waals surface area contributed by atoms with Crippen molar-refractivity contribution in [3.63, 3.8) is 0 Å². The van der Waals surface area contributed by atoms with Crippen LogP contribution < -0.4 is 14.4 Å². The van der Waals surface area contributed by atoms with Crippen LogP contribution in [0.3, 0.4) is 0 Å². The third-order valence-corrected chi connectivity index (χ3v) is 7.00. The summed E-state index contributed by atoms with van der Waals surface area (Å²) in [4.78, 5) is 17.2. The number of fused-ring (bicyclic) bond motifs is 1. The number of amides is 1. The van der Waals surface area contributed by atoms with Gasteiger partial charge >= 0.3 is 0 Å². The summed E-state index contributed by atoms with van der Waals surface area (Å²) < 4.78 is 34.3. The number of carbonyl (C=O) groups excluding carboxylic acids is 1. The number of benzene rings is 2. The highest BCUT2D eigenvalue weighted by atomic mass is 32.2. The van der Waals surface area contributed by atoms with Crippen LogP contribution in [0.1, 0.15) is 18.3 Å². The molecule has 3 aromatic rings. The summed E-state index contributed by atoms with van der Waals surface area (Å²) in [6.45, 7) is 3.69. The van der Waals surface area contributed by atoms with Gasteiger partial charge in [-0.2, -0.15) is 0 Å². The van der Waals surface area contributed by atoms with Crippen molar-refractivity contribution in [2.45, 2.75) is 26.5 Å². The normalized spacial score (nSPS) is 15.8. The Hall–Kier alpha value is -3.33. The molecule has 0 radical (unpaired) electrons. The minimum Gasteiger partial charge on any atom is -0.476 e. The van der Waals surface area contributed by atoms with Crippen LogP contribution in [0.4, 0.5) is 5.69 Å². The van der Waals surface area contributed by atoms with Gasteiger partial charge in [0.05, 0.1) is 23.7 Å². The topological polar surface area (TPSA) is 93.5 Å².